The van der Waals surface area contributed by atoms with Gasteiger partial charge < -0.3 is 4.74 Å². The number of carbonyl (C=O) groups excluding carboxylic acids is 1. The van der Waals surface area contributed by atoms with Crippen LogP contribution in [0.4, 0.5) is 0 Å². The Morgan fingerprint density at radius 3 is 2.28 bits per heavy atom. The van der Waals surface area contributed by atoms with Gasteiger partial charge in [-0.3, -0.25) is 9.63 Å². The molecule has 1 saturated carbocycles. The topological polar surface area (TPSA) is 47.6 Å². The number of esters is 1. The quantitative estimate of drug-likeness (QED) is 0.717. The number of ether oxygens (including phenoxy) is 1. The Morgan fingerprint density at radius 1 is 1.03 bits per heavy atom. The fraction of sp³-hybridized carbons (Fsp3) is 0.480. The summed E-state index contributed by atoms with van der Waals surface area (Å²) in [5, 5.41) is 0. The fourth-order valence-corrected chi connectivity index (χ4v) is 4.97. The third-order valence-corrected chi connectivity index (χ3v) is 6.11. The maximum Gasteiger partial charge on any atom is 0.310 e. The molecule has 1 aliphatic heterocycles. The van der Waals surface area contributed by atoms with E-state index >= 15 is 0 Å². The highest BCUT2D eigenvalue weighted by atomic mass is 16.7. The van der Waals surface area contributed by atoms with Gasteiger partial charge in [-0.05, 0) is 51.2 Å². The van der Waals surface area contributed by atoms with Crippen LogP contribution in [0.3, 0.4) is 0 Å². The molecule has 29 heavy (non-hydrogen) atoms. The van der Waals surface area contributed by atoms with E-state index in [2.05, 4.69) is 41.9 Å². The summed E-state index contributed by atoms with van der Waals surface area (Å²) in [6, 6.07) is 20.9. The zero-order valence-electron chi connectivity index (χ0n) is 17.6. The molecule has 4 atom stereocenters. The van der Waals surface area contributed by atoms with Crippen LogP contribution in [0.5, 0.6) is 0 Å². The van der Waals surface area contributed by atoms with Gasteiger partial charge in [-0.2, -0.15) is 5.48 Å². The van der Waals surface area contributed by atoms with E-state index in [4.69, 9.17) is 9.57 Å². The minimum absolute atomic E-state index is 0.0338. The molecule has 0 aromatic heterocycles. The Labute approximate surface area is 173 Å². The normalized spacial score (nSPS) is 29.7. The summed E-state index contributed by atoms with van der Waals surface area (Å²) >= 11 is 0. The maximum absolute atomic E-state index is 13.2. The molecular weight excluding hydrogens is 362 g/mol. The number of rotatable bonds is 3. The van der Waals surface area contributed by atoms with Crippen molar-refractivity contribution in [3.63, 3.8) is 0 Å². The van der Waals surface area contributed by atoms with Crippen molar-refractivity contribution in [3.05, 3.63) is 71.8 Å². The van der Waals surface area contributed by atoms with Crippen molar-refractivity contribution in [1.82, 2.24) is 5.48 Å². The molecule has 4 rings (SSSR count). The van der Waals surface area contributed by atoms with Crippen LogP contribution in [-0.4, -0.2) is 17.2 Å². The summed E-state index contributed by atoms with van der Waals surface area (Å²) in [6.07, 6.45) is 3.56. The summed E-state index contributed by atoms with van der Waals surface area (Å²) in [6.45, 7) is 5.79. The molecule has 1 heterocycles. The first kappa shape index (κ1) is 20.1. The van der Waals surface area contributed by atoms with Crippen molar-refractivity contribution >= 4 is 5.97 Å². The first-order chi connectivity index (χ1) is 13.9. The SMILES string of the molecule is CC(C)(C)OC(=O)C1CCC[C@@]2(C[C@H](c3ccccc3)NO2)[C@@H]1c1ccccc1. The predicted octanol–water partition coefficient (Wildman–Crippen LogP) is 5.32. The summed E-state index contributed by atoms with van der Waals surface area (Å²) in [5.41, 5.74) is 4.75. The minimum Gasteiger partial charge on any atom is -0.460 e. The van der Waals surface area contributed by atoms with Crippen molar-refractivity contribution in [2.45, 2.75) is 69.6 Å². The third kappa shape index (κ3) is 4.24. The molecule has 0 bridgehead atoms. The maximum atomic E-state index is 13.2. The van der Waals surface area contributed by atoms with Gasteiger partial charge in [-0.1, -0.05) is 60.7 Å². The third-order valence-electron chi connectivity index (χ3n) is 6.11. The molecule has 1 unspecified atom stereocenters. The first-order valence-electron chi connectivity index (χ1n) is 10.6. The highest BCUT2D eigenvalue weighted by Crippen LogP contribution is 2.53. The molecule has 2 aliphatic rings. The van der Waals surface area contributed by atoms with Crippen LogP contribution in [0.25, 0.3) is 0 Å². The second-order valence-corrected chi connectivity index (χ2v) is 9.37. The molecule has 154 valence electrons. The van der Waals surface area contributed by atoms with Crippen molar-refractivity contribution in [3.8, 4) is 0 Å². The van der Waals surface area contributed by atoms with Crippen LogP contribution in [0, 0.1) is 5.92 Å². The molecule has 2 aromatic carbocycles. The zero-order chi connectivity index (χ0) is 20.5. The Bertz CT molecular complexity index is 830. The van der Waals surface area contributed by atoms with E-state index in [9.17, 15) is 4.79 Å². The van der Waals surface area contributed by atoms with Gasteiger partial charge in [0.2, 0.25) is 0 Å². The van der Waals surface area contributed by atoms with Gasteiger partial charge in [0.05, 0.1) is 17.6 Å². The minimum atomic E-state index is -0.496. The van der Waals surface area contributed by atoms with Gasteiger partial charge >= 0.3 is 5.97 Å². The lowest BCUT2D eigenvalue weighted by Gasteiger charge is -2.44. The second-order valence-electron chi connectivity index (χ2n) is 9.37. The van der Waals surface area contributed by atoms with Crippen LogP contribution in [0.15, 0.2) is 60.7 Å². The highest BCUT2D eigenvalue weighted by Gasteiger charge is 2.54. The van der Waals surface area contributed by atoms with Crippen LogP contribution in [-0.2, 0) is 14.4 Å². The van der Waals surface area contributed by atoms with Gasteiger partial charge in [-0.25, -0.2) is 0 Å². The van der Waals surface area contributed by atoms with Gasteiger partial charge in [0.25, 0.3) is 0 Å². The number of hydrogen-bond acceptors (Lipinski definition) is 4. The Morgan fingerprint density at radius 2 is 1.66 bits per heavy atom. The lowest BCUT2D eigenvalue weighted by Crippen LogP contribution is -2.47. The van der Waals surface area contributed by atoms with E-state index in [0.29, 0.717) is 0 Å². The Hall–Kier alpha value is -2.17. The monoisotopic (exact) mass is 393 g/mol. The van der Waals surface area contributed by atoms with Crippen LogP contribution in [0.1, 0.15) is 69.5 Å². The molecule has 1 N–H and O–H groups in total. The largest absolute Gasteiger partial charge is 0.460 e. The summed E-state index contributed by atoms with van der Waals surface area (Å²) in [5.74, 6) is -0.354. The molecule has 1 aliphatic carbocycles. The van der Waals surface area contributed by atoms with E-state index in [1.54, 1.807) is 0 Å². The van der Waals surface area contributed by atoms with Gasteiger partial charge in [0.1, 0.15) is 5.60 Å². The highest BCUT2D eigenvalue weighted by molar-refractivity contribution is 5.75. The predicted molar refractivity (Wildman–Crippen MR) is 113 cm³/mol. The first-order valence-corrected chi connectivity index (χ1v) is 10.6. The smallest absolute Gasteiger partial charge is 0.310 e. The molecule has 2 fully saturated rings. The number of nitrogens with one attached hydrogen (secondary N) is 1. The molecule has 4 nitrogen and oxygen atoms in total. The second kappa shape index (κ2) is 7.92. The average molecular weight is 394 g/mol. The summed E-state index contributed by atoms with van der Waals surface area (Å²) in [7, 11) is 0. The number of benzene rings is 2. The molecule has 2 aromatic rings. The van der Waals surface area contributed by atoms with Crippen molar-refractivity contribution < 1.29 is 14.4 Å². The average Bonchev–Trinajstić information content (AvgIpc) is 3.12. The van der Waals surface area contributed by atoms with Gasteiger partial charge in [-0.15, -0.1) is 0 Å². The van der Waals surface area contributed by atoms with E-state index < -0.39 is 11.2 Å². The molecular formula is C25H31NO3. The molecule has 4 heteroatoms. The standard InChI is InChI=1S/C25H31NO3/c1-24(2,3)28-23(27)20-15-10-16-25(22(20)19-13-8-5-9-14-19)17-21(26-29-25)18-11-6-4-7-12-18/h4-9,11-14,20-22,26H,10,15-17H2,1-3H3/t20?,21-,22-,25-/m1/s1. The van der Waals surface area contributed by atoms with Crippen LogP contribution in [0.2, 0.25) is 0 Å². The van der Waals surface area contributed by atoms with E-state index in [1.165, 1.54) is 5.56 Å². The summed E-state index contributed by atoms with van der Waals surface area (Å²) in [4.78, 5) is 19.6. The lowest BCUT2D eigenvalue weighted by atomic mass is 9.64. The molecule has 0 radical (unpaired) electrons. The van der Waals surface area contributed by atoms with E-state index in [1.807, 2.05) is 45.0 Å². The fourth-order valence-electron chi connectivity index (χ4n) is 4.97. The van der Waals surface area contributed by atoms with Crippen molar-refractivity contribution in [2.75, 3.05) is 0 Å². The number of hydroxylamine groups is 1. The van der Waals surface area contributed by atoms with E-state index in [-0.39, 0.29) is 23.8 Å². The van der Waals surface area contributed by atoms with Crippen LogP contribution < -0.4 is 5.48 Å². The Kier molecular flexibility index (Phi) is 5.50. The van der Waals surface area contributed by atoms with Gasteiger partial charge in [0.15, 0.2) is 0 Å². The molecule has 1 saturated heterocycles. The number of carbonyl (C=O) groups is 1. The lowest BCUT2D eigenvalue weighted by molar-refractivity contribution is -0.170. The number of hydrogen-bond donors (Lipinski definition) is 1. The molecule has 1 spiro atoms. The van der Waals surface area contributed by atoms with Crippen molar-refractivity contribution in [2.24, 2.45) is 5.92 Å². The Balaban J connectivity index is 1.68. The van der Waals surface area contributed by atoms with Crippen molar-refractivity contribution in [1.29, 1.82) is 0 Å². The summed E-state index contributed by atoms with van der Waals surface area (Å²) < 4.78 is 5.83. The van der Waals surface area contributed by atoms with Gasteiger partial charge in [0, 0.05) is 12.3 Å². The zero-order valence-corrected chi connectivity index (χ0v) is 17.6. The van der Waals surface area contributed by atoms with E-state index in [0.717, 1.165) is 31.2 Å². The van der Waals surface area contributed by atoms with Crippen LogP contribution >= 0.6 is 0 Å². The molecule has 0 amide bonds.